The number of benzene rings is 10. The maximum atomic E-state index is 10.6. The lowest BCUT2D eigenvalue weighted by Gasteiger charge is -2.15. The number of nitrogens with zero attached hydrogens (tertiary/aromatic N) is 3. The van der Waals surface area contributed by atoms with Crippen molar-refractivity contribution in [3.05, 3.63) is 217 Å². The Morgan fingerprint density at radius 1 is 0.246 bits per heavy atom. The van der Waals surface area contributed by atoms with Crippen LogP contribution in [0.3, 0.4) is 0 Å². The first-order chi connectivity index (χ1) is 34.0. The molecule has 0 aliphatic carbocycles. The van der Waals surface area contributed by atoms with E-state index in [0.29, 0.717) is 16.7 Å². The third-order valence-electron chi connectivity index (χ3n) is 13.3. The molecular formula is C63H33N3O3. The molecule has 0 saturated heterocycles. The highest BCUT2D eigenvalue weighted by Crippen LogP contribution is 2.43. The first-order valence-electron chi connectivity index (χ1n) is 22.5. The second-order valence-electron chi connectivity index (χ2n) is 17.4. The molecule has 0 fully saturated rings. The minimum absolute atomic E-state index is 0.489. The Kier molecular flexibility index (Phi) is 8.92. The molecular weight excluding hydrogens is 847 g/mol. The van der Waals surface area contributed by atoms with Gasteiger partial charge >= 0.3 is 0 Å². The van der Waals surface area contributed by atoms with Crippen molar-refractivity contribution in [2.75, 3.05) is 0 Å². The molecule has 6 heteroatoms. The summed E-state index contributed by atoms with van der Waals surface area (Å²) in [5, 5.41) is 37.7. The first-order valence-corrected chi connectivity index (χ1v) is 22.5. The number of hydrogen-bond donors (Lipinski definition) is 0. The molecule has 0 radical (unpaired) electrons. The summed E-state index contributed by atoms with van der Waals surface area (Å²) in [5.74, 6) is 0. The van der Waals surface area contributed by atoms with Crippen LogP contribution in [-0.4, -0.2) is 0 Å². The van der Waals surface area contributed by atoms with E-state index < -0.39 is 0 Å². The van der Waals surface area contributed by atoms with E-state index >= 15 is 0 Å². The van der Waals surface area contributed by atoms with E-state index in [-0.39, 0.29) is 0 Å². The first kappa shape index (κ1) is 39.4. The molecule has 69 heavy (non-hydrogen) atoms. The summed E-state index contributed by atoms with van der Waals surface area (Å²) in [6.07, 6.45) is 0. The molecule has 0 unspecified atom stereocenters. The van der Waals surface area contributed by atoms with E-state index in [1.807, 2.05) is 127 Å². The maximum absolute atomic E-state index is 10.6. The molecule has 0 atom stereocenters. The summed E-state index contributed by atoms with van der Waals surface area (Å²) in [5.41, 5.74) is 16.1. The van der Waals surface area contributed by atoms with Gasteiger partial charge in [0.1, 0.15) is 33.5 Å². The van der Waals surface area contributed by atoms with Crippen molar-refractivity contribution in [3.63, 3.8) is 0 Å². The van der Waals surface area contributed by atoms with Gasteiger partial charge in [0.05, 0.1) is 34.9 Å². The summed E-state index contributed by atoms with van der Waals surface area (Å²) in [4.78, 5) is 0. The molecule has 13 aromatic rings. The zero-order chi connectivity index (χ0) is 46.2. The van der Waals surface area contributed by atoms with Gasteiger partial charge in [0, 0.05) is 49.0 Å². The lowest BCUT2D eigenvalue weighted by molar-refractivity contribution is 0.669. The average molecular weight is 880 g/mol. The van der Waals surface area contributed by atoms with Gasteiger partial charge in [-0.2, -0.15) is 15.8 Å². The Labute approximate surface area is 395 Å². The van der Waals surface area contributed by atoms with Crippen LogP contribution in [0, 0.1) is 34.0 Å². The second-order valence-corrected chi connectivity index (χ2v) is 17.4. The minimum atomic E-state index is 0.489. The van der Waals surface area contributed by atoms with E-state index in [1.54, 1.807) is 0 Å². The molecule has 0 aliphatic heterocycles. The van der Waals surface area contributed by atoms with Crippen LogP contribution in [0.1, 0.15) is 16.7 Å². The van der Waals surface area contributed by atoms with Gasteiger partial charge in [-0.05, 0) is 141 Å². The average Bonchev–Trinajstić information content (AvgIpc) is 4.12. The Hall–Kier alpha value is -9.93. The lowest BCUT2D eigenvalue weighted by atomic mass is 9.88. The highest BCUT2D eigenvalue weighted by Gasteiger charge is 2.19. The Balaban J connectivity index is 1.04. The van der Waals surface area contributed by atoms with Crippen LogP contribution in [0.15, 0.2) is 213 Å². The van der Waals surface area contributed by atoms with Crippen LogP contribution in [0.25, 0.3) is 133 Å². The monoisotopic (exact) mass is 879 g/mol. The van der Waals surface area contributed by atoms with Gasteiger partial charge in [-0.1, -0.05) is 109 Å². The molecule has 10 aromatic carbocycles. The predicted octanol–water partition coefficient (Wildman–Crippen LogP) is 17.0. The maximum Gasteiger partial charge on any atom is 0.143 e. The van der Waals surface area contributed by atoms with E-state index in [4.69, 9.17) is 13.3 Å². The Bertz CT molecular complexity index is 3970. The molecule has 0 saturated carbocycles. The van der Waals surface area contributed by atoms with Gasteiger partial charge < -0.3 is 13.3 Å². The molecule has 3 heterocycles. The third-order valence-corrected chi connectivity index (χ3v) is 13.3. The molecule has 0 aliphatic rings. The fourth-order valence-electron chi connectivity index (χ4n) is 10.1. The number of hydrogen-bond acceptors (Lipinski definition) is 6. The summed E-state index contributed by atoms with van der Waals surface area (Å²) in [6, 6.07) is 73.7. The number of fused-ring (bicyclic) bond motifs is 9. The second kappa shape index (κ2) is 15.6. The Morgan fingerprint density at radius 2 is 0.493 bits per heavy atom. The smallest absolute Gasteiger partial charge is 0.143 e. The molecule has 318 valence electrons. The highest BCUT2D eigenvalue weighted by molar-refractivity contribution is 6.12. The van der Waals surface area contributed by atoms with Crippen molar-refractivity contribution < 1.29 is 13.3 Å². The Morgan fingerprint density at radius 3 is 0.797 bits per heavy atom. The van der Waals surface area contributed by atoms with Gasteiger partial charge in [-0.25, -0.2) is 0 Å². The van der Waals surface area contributed by atoms with Crippen LogP contribution in [0.4, 0.5) is 0 Å². The van der Waals surface area contributed by atoms with Gasteiger partial charge in [0.15, 0.2) is 0 Å². The van der Waals surface area contributed by atoms with Crippen molar-refractivity contribution in [2.24, 2.45) is 0 Å². The molecule has 13 rings (SSSR count). The van der Waals surface area contributed by atoms with Crippen molar-refractivity contribution in [3.8, 4) is 85.0 Å². The van der Waals surface area contributed by atoms with Gasteiger partial charge in [0.2, 0.25) is 0 Å². The van der Waals surface area contributed by atoms with Gasteiger partial charge in [0.25, 0.3) is 0 Å². The van der Waals surface area contributed by atoms with E-state index in [2.05, 4.69) is 91.0 Å². The zero-order valence-corrected chi connectivity index (χ0v) is 36.6. The molecule has 0 N–H and O–H groups in total. The summed E-state index contributed by atoms with van der Waals surface area (Å²) < 4.78 is 19.5. The molecule has 0 bridgehead atoms. The summed E-state index contributed by atoms with van der Waals surface area (Å²) in [6.45, 7) is 0. The van der Waals surface area contributed by atoms with Crippen LogP contribution in [-0.2, 0) is 0 Å². The predicted molar refractivity (Wildman–Crippen MR) is 275 cm³/mol. The number of furan rings is 3. The third kappa shape index (κ3) is 6.54. The topological polar surface area (TPSA) is 111 Å². The van der Waals surface area contributed by atoms with Crippen LogP contribution < -0.4 is 0 Å². The normalized spacial score (nSPS) is 11.4. The SMILES string of the molecule is N#Cc1cc(-c2cc(-c3cc(C#N)cc(-c4cccc5c4oc4ccccc45)c3)cc(-c3cc(C#N)cc(-c4cccc5c4oc4ccccc45)c3)c2)cc(-c2cccc3c2oc2ccccc23)c1. The van der Waals surface area contributed by atoms with Crippen molar-refractivity contribution in [2.45, 2.75) is 0 Å². The standard InChI is InChI=1S/C63H33N3O3/c64-34-37-22-40(31-46(25-37)49-13-7-16-55-52-10-1-4-19-58(52)67-61(49)55)43-28-44(41-23-38(35-65)26-47(32-41)50-14-8-17-56-53-11-2-5-20-59(53)68-62(50)56)30-45(29-43)42-24-39(36-66)27-48(33-42)51-15-9-18-57-54-12-3-6-21-60(54)69-63(51)57/h1-33H. The molecule has 0 amide bonds. The summed E-state index contributed by atoms with van der Waals surface area (Å²) in [7, 11) is 0. The van der Waals surface area contributed by atoms with Crippen LogP contribution >= 0.6 is 0 Å². The fraction of sp³-hybridized carbons (Fsp3) is 0. The van der Waals surface area contributed by atoms with Crippen molar-refractivity contribution in [1.82, 2.24) is 0 Å². The van der Waals surface area contributed by atoms with Gasteiger partial charge in [-0.3, -0.25) is 0 Å². The molecule has 3 aromatic heterocycles. The van der Waals surface area contributed by atoms with Crippen molar-refractivity contribution >= 4 is 65.8 Å². The molecule has 6 nitrogen and oxygen atoms in total. The van der Waals surface area contributed by atoms with E-state index in [9.17, 15) is 15.8 Å². The van der Waals surface area contributed by atoms with E-state index in [1.165, 1.54) is 0 Å². The largest absolute Gasteiger partial charge is 0.455 e. The number of para-hydroxylation sites is 6. The van der Waals surface area contributed by atoms with Crippen molar-refractivity contribution in [1.29, 1.82) is 15.8 Å². The summed E-state index contributed by atoms with van der Waals surface area (Å²) >= 11 is 0. The van der Waals surface area contributed by atoms with Crippen LogP contribution in [0.5, 0.6) is 0 Å². The number of rotatable bonds is 6. The zero-order valence-electron chi connectivity index (χ0n) is 36.6. The highest BCUT2D eigenvalue weighted by atomic mass is 16.3. The van der Waals surface area contributed by atoms with Gasteiger partial charge in [-0.15, -0.1) is 0 Å². The van der Waals surface area contributed by atoms with Crippen LogP contribution in [0.2, 0.25) is 0 Å². The molecule has 0 spiro atoms. The van der Waals surface area contributed by atoms with E-state index in [0.717, 1.165) is 133 Å². The minimum Gasteiger partial charge on any atom is -0.455 e. The lowest BCUT2D eigenvalue weighted by Crippen LogP contribution is -1.91. The fourth-order valence-corrected chi connectivity index (χ4v) is 10.1. The quantitative estimate of drug-likeness (QED) is 0.164. The number of nitriles is 3.